The summed E-state index contributed by atoms with van der Waals surface area (Å²) in [6.07, 6.45) is 39.3. The summed E-state index contributed by atoms with van der Waals surface area (Å²) in [6, 6.07) is 0. The molecule has 0 fully saturated rings. The maximum Gasteiger partial charge on any atom is 0.219 e. The van der Waals surface area contributed by atoms with Crippen LogP contribution in [-0.2, 0) is 4.79 Å². The van der Waals surface area contributed by atoms with Crippen LogP contribution >= 0.6 is 0 Å². The second kappa shape index (κ2) is 31.5. The van der Waals surface area contributed by atoms with Gasteiger partial charge in [0.25, 0.3) is 0 Å². The molecule has 0 aromatic carbocycles. The van der Waals surface area contributed by atoms with Crippen LogP contribution in [-0.4, -0.2) is 12.5 Å². The summed E-state index contributed by atoms with van der Waals surface area (Å²) in [5.41, 5.74) is 0. The Hall–Kier alpha value is -0.530. The van der Waals surface area contributed by atoms with Crippen molar-refractivity contribution in [3.8, 4) is 0 Å². The lowest BCUT2D eigenvalue weighted by Crippen LogP contribution is -2.23. The van der Waals surface area contributed by atoms with Gasteiger partial charge in [-0.05, 0) is 12.8 Å². The van der Waals surface area contributed by atoms with E-state index in [0.29, 0.717) is 0 Å². The van der Waals surface area contributed by atoms with E-state index < -0.39 is 0 Å². The molecule has 35 heavy (non-hydrogen) atoms. The molecule has 0 aliphatic carbocycles. The van der Waals surface area contributed by atoms with Crippen LogP contribution < -0.4 is 5.32 Å². The highest BCUT2D eigenvalue weighted by Crippen LogP contribution is 2.14. The topological polar surface area (TPSA) is 29.1 Å². The van der Waals surface area contributed by atoms with Gasteiger partial charge in [-0.25, -0.2) is 0 Å². The summed E-state index contributed by atoms with van der Waals surface area (Å²) >= 11 is 0. The average Bonchev–Trinajstić information content (AvgIpc) is 2.86. The summed E-state index contributed by atoms with van der Waals surface area (Å²) in [4.78, 5) is 12.0. The van der Waals surface area contributed by atoms with Crippen LogP contribution in [0.5, 0.6) is 0 Å². The first-order valence-electron chi connectivity index (χ1n) is 16.6. The molecule has 2 nitrogen and oxygen atoms in total. The highest BCUT2D eigenvalue weighted by Gasteiger charge is 2.01. The first-order chi connectivity index (χ1) is 17.3. The first-order valence-corrected chi connectivity index (χ1v) is 16.6. The van der Waals surface area contributed by atoms with Gasteiger partial charge < -0.3 is 5.32 Å². The quantitative estimate of drug-likeness (QED) is 0.0990. The molecule has 0 unspecified atom stereocenters. The van der Waals surface area contributed by atoms with E-state index in [1.807, 2.05) is 0 Å². The normalized spacial score (nSPS) is 11.3. The second-order valence-corrected chi connectivity index (χ2v) is 11.3. The van der Waals surface area contributed by atoms with Crippen molar-refractivity contribution < 1.29 is 4.79 Å². The molecule has 0 heterocycles. The van der Waals surface area contributed by atoms with E-state index in [9.17, 15) is 4.79 Å². The molecule has 210 valence electrons. The number of amides is 1. The van der Waals surface area contributed by atoms with Crippen molar-refractivity contribution in [3.05, 3.63) is 0 Å². The van der Waals surface area contributed by atoms with Crippen molar-refractivity contribution >= 4 is 5.91 Å². The van der Waals surface area contributed by atoms with E-state index in [4.69, 9.17) is 0 Å². The second-order valence-electron chi connectivity index (χ2n) is 11.3. The number of rotatable bonds is 30. The molecule has 1 amide bonds. The smallest absolute Gasteiger partial charge is 0.219 e. The number of hydrogen-bond donors (Lipinski definition) is 1. The molecule has 0 aliphatic heterocycles. The Morgan fingerprint density at radius 3 is 0.943 bits per heavy atom. The van der Waals surface area contributed by atoms with Gasteiger partial charge in [0.2, 0.25) is 5.91 Å². The van der Waals surface area contributed by atoms with Crippen LogP contribution in [0.1, 0.15) is 200 Å². The molecule has 0 bridgehead atoms. The van der Waals surface area contributed by atoms with Crippen molar-refractivity contribution in [1.29, 1.82) is 0 Å². The fraction of sp³-hybridized carbons (Fsp3) is 0.970. The average molecular weight is 494 g/mol. The lowest BCUT2D eigenvalue weighted by Gasteiger charge is -2.06. The minimum absolute atomic E-state index is 0.277. The van der Waals surface area contributed by atoms with Crippen molar-refractivity contribution in [2.24, 2.45) is 0 Å². The van der Waals surface area contributed by atoms with Crippen molar-refractivity contribution in [1.82, 2.24) is 5.32 Å². The third-order valence-electron chi connectivity index (χ3n) is 7.61. The van der Waals surface area contributed by atoms with Crippen molar-refractivity contribution in [2.75, 3.05) is 6.54 Å². The first kappa shape index (κ1) is 34.5. The number of carbonyl (C=O) groups is 1. The minimum atomic E-state index is 0.277. The van der Waals surface area contributed by atoms with E-state index in [2.05, 4.69) is 19.2 Å². The molecule has 0 atom stereocenters. The van der Waals surface area contributed by atoms with E-state index in [-0.39, 0.29) is 5.91 Å². The molecule has 0 saturated carbocycles. The Morgan fingerprint density at radius 1 is 0.371 bits per heavy atom. The zero-order valence-electron chi connectivity index (χ0n) is 24.6. The fourth-order valence-corrected chi connectivity index (χ4v) is 5.12. The summed E-state index contributed by atoms with van der Waals surface area (Å²) in [7, 11) is 0. The van der Waals surface area contributed by atoms with Crippen molar-refractivity contribution in [3.63, 3.8) is 0 Å². The highest BCUT2D eigenvalue weighted by atomic mass is 16.1. The summed E-state index contributed by atoms with van der Waals surface area (Å²) in [5, 5.41) is 3.13. The van der Waals surface area contributed by atoms with Crippen molar-refractivity contribution in [2.45, 2.75) is 200 Å². The van der Waals surface area contributed by atoms with Gasteiger partial charge >= 0.3 is 0 Å². The Labute approximate surface area is 222 Å². The molecule has 0 aromatic heterocycles. The molecular formula is C33H67NO. The van der Waals surface area contributed by atoms with Gasteiger partial charge in [0.1, 0.15) is 0 Å². The monoisotopic (exact) mass is 494 g/mol. The third-order valence-corrected chi connectivity index (χ3v) is 7.61. The molecule has 0 rings (SSSR count). The Kier molecular flexibility index (Phi) is 31.0. The van der Waals surface area contributed by atoms with Crippen LogP contribution in [0, 0.1) is 0 Å². The molecular weight excluding hydrogens is 426 g/mol. The van der Waals surface area contributed by atoms with Gasteiger partial charge in [0, 0.05) is 13.0 Å². The molecule has 0 radical (unpaired) electrons. The number of hydrogen-bond acceptors (Lipinski definition) is 1. The standard InChI is InChI=1S/C33H67NO/c1-3-5-7-9-11-13-15-17-18-19-21-23-25-27-29-31-33(35)34-32-30-28-26-24-22-20-16-14-12-10-8-6-4-2/h3-32H2,1-2H3,(H,34,35). The Bertz CT molecular complexity index is 395. The lowest BCUT2D eigenvalue weighted by molar-refractivity contribution is -0.121. The SMILES string of the molecule is CCCCCCCCCCCCCCCCCC(=O)NCCCCCCCCCCCCCCC. The minimum Gasteiger partial charge on any atom is -0.356 e. The lowest BCUT2D eigenvalue weighted by atomic mass is 10.0. The predicted octanol–water partition coefficient (Wildman–Crippen LogP) is 11.5. The Balaban J connectivity index is 3.14. The molecule has 1 N–H and O–H groups in total. The van der Waals surface area contributed by atoms with Crippen LogP contribution in [0.25, 0.3) is 0 Å². The van der Waals surface area contributed by atoms with E-state index in [0.717, 1.165) is 25.8 Å². The summed E-state index contributed by atoms with van der Waals surface area (Å²) in [6.45, 7) is 5.46. The molecule has 2 heteroatoms. The van der Waals surface area contributed by atoms with Crippen LogP contribution in [0.15, 0.2) is 0 Å². The van der Waals surface area contributed by atoms with Gasteiger partial charge in [-0.2, -0.15) is 0 Å². The van der Waals surface area contributed by atoms with Crippen LogP contribution in [0.2, 0.25) is 0 Å². The van der Waals surface area contributed by atoms with Gasteiger partial charge in [0.05, 0.1) is 0 Å². The number of carbonyl (C=O) groups excluding carboxylic acids is 1. The zero-order valence-corrected chi connectivity index (χ0v) is 24.6. The zero-order chi connectivity index (χ0) is 25.5. The summed E-state index contributed by atoms with van der Waals surface area (Å²) < 4.78 is 0. The maximum absolute atomic E-state index is 12.0. The predicted molar refractivity (Wildman–Crippen MR) is 158 cm³/mol. The van der Waals surface area contributed by atoms with E-state index in [1.54, 1.807) is 0 Å². The van der Waals surface area contributed by atoms with Gasteiger partial charge in [0.15, 0.2) is 0 Å². The van der Waals surface area contributed by atoms with E-state index in [1.165, 1.54) is 167 Å². The largest absolute Gasteiger partial charge is 0.356 e. The Morgan fingerprint density at radius 2 is 0.629 bits per heavy atom. The molecule has 0 spiro atoms. The van der Waals surface area contributed by atoms with Gasteiger partial charge in [-0.1, -0.05) is 181 Å². The fourth-order valence-electron chi connectivity index (χ4n) is 5.12. The number of unbranched alkanes of at least 4 members (excludes halogenated alkanes) is 26. The maximum atomic E-state index is 12.0. The molecule has 0 aromatic rings. The summed E-state index contributed by atoms with van der Waals surface area (Å²) in [5.74, 6) is 0.277. The van der Waals surface area contributed by atoms with Gasteiger partial charge in [-0.3, -0.25) is 4.79 Å². The number of nitrogens with one attached hydrogen (secondary N) is 1. The highest BCUT2D eigenvalue weighted by molar-refractivity contribution is 5.75. The van der Waals surface area contributed by atoms with E-state index >= 15 is 0 Å². The molecule has 0 aliphatic rings. The van der Waals surface area contributed by atoms with Gasteiger partial charge in [-0.15, -0.1) is 0 Å². The van der Waals surface area contributed by atoms with Crippen LogP contribution in [0.3, 0.4) is 0 Å². The van der Waals surface area contributed by atoms with Crippen LogP contribution in [0.4, 0.5) is 0 Å². The third kappa shape index (κ3) is 31.4. The molecule has 0 saturated heterocycles.